The van der Waals surface area contributed by atoms with E-state index in [0.717, 1.165) is 5.56 Å². The average molecular weight is 254 g/mol. The van der Waals surface area contributed by atoms with E-state index in [1.54, 1.807) is 12.1 Å². The van der Waals surface area contributed by atoms with Crippen LogP contribution in [0.2, 0.25) is 5.02 Å². The van der Waals surface area contributed by atoms with Crippen LogP contribution in [0.5, 0.6) is 5.75 Å². The molecule has 0 atom stereocenters. The molecule has 1 heterocycles. The summed E-state index contributed by atoms with van der Waals surface area (Å²) in [6.07, 6.45) is 0. The summed E-state index contributed by atoms with van der Waals surface area (Å²) >= 11 is 5.91. The van der Waals surface area contributed by atoms with Crippen LogP contribution in [0, 0.1) is 6.92 Å². The van der Waals surface area contributed by atoms with Gasteiger partial charge in [-0.1, -0.05) is 16.8 Å². The van der Waals surface area contributed by atoms with Gasteiger partial charge in [-0.3, -0.25) is 0 Å². The number of aryl methyl sites for hydroxylation is 1. The zero-order valence-electron chi connectivity index (χ0n) is 9.31. The van der Waals surface area contributed by atoms with Crippen molar-refractivity contribution in [2.45, 2.75) is 20.1 Å². The second-order valence-corrected chi connectivity index (χ2v) is 3.92. The second kappa shape index (κ2) is 5.16. The Bertz CT molecular complexity index is 513. The van der Waals surface area contributed by atoms with E-state index in [9.17, 15) is 0 Å². The third kappa shape index (κ3) is 2.95. The molecular formula is C11H12ClN3O2. The van der Waals surface area contributed by atoms with Crippen LogP contribution in [-0.4, -0.2) is 10.1 Å². The third-order valence-electron chi connectivity index (χ3n) is 2.18. The molecule has 0 radical (unpaired) electrons. The van der Waals surface area contributed by atoms with Gasteiger partial charge in [0.2, 0.25) is 11.7 Å². The van der Waals surface area contributed by atoms with Gasteiger partial charge in [-0.15, -0.1) is 0 Å². The molecule has 2 rings (SSSR count). The summed E-state index contributed by atoms with van der Waals surface area (Å²) in [7, 11) is 0. The van der Waals surface area contributed by atoms with Crippen LogP contribution in [0.15, 0.2) is 22.7 Å². The van der Waals surface area contributed by atoms with E-state index in [1.807, 2.05) is 13.0 Å². The molecule has 0 saturated carbocycles. The van der Waals surface area contributed by atoms with E-state index in [4.69, 9.17) is 26.6 Å². The lowest BCUT2D eigenvalue weighted by atomic mass is 10.2. The Balaban J connectivity index is 1.99. The van der Waals surface area contributed by atoms with Crippen molar-refractivity contribution in [2.24, 2.45) is 5.73 Å². The Labute approximate surface area is 104 Å². The SMILES string of the molecule is Cc1cc(OCc2noc(CN)n2)ccc1Cl. The monoisotopic (exact) mass is 253 g/mol. The summed E-state index contributed by atoms with van der Waals surface area (Å²) in [5.74, 6) is 1.58. The molecule has 0 aliphatic carbocycles. The number of nitrogens with zero attached hydrogens (tertiary/aromatic N) is 2. The number of rotatable bonds is 4. The molecule has 90 valence electrons. The van der Waals surface area contributed by atoms with Crippen LogP contribution < -0.4 is 10.5 Å². The molecule has 1 aromatic heterocycles. The molecule has 5 nitrogen and oxygen atoms in total. The van der Waals surface area contributed by atoms with Crippen molar-refractivity contribution in [3.63, 3.8) is 0 Å². The molecule has 0 unspecified atom stereocenters. The quantitative estimate of drug-likeness (QED) is 0.903. The van der Waals surface area contributed by atoms with Gasteiger partial charge in [-0.05, 0) is 30.7 Å². The number of benzene rings is 1. The van der Waals surface area contributed by atoms with E-state index in [-0.39, 0.29) is 13.2 Å². The number of ether oxygens (including phenoxy) is 1. The minimum Gasteiger partial charge on any atom is -0.485 e. The van der Waals surface area contributed by atoms with Gasteiger partial charge in [0.25, 0.3) is 0 Å². The molecule has 2 N–H and O–H groups in total. The van der Waals surface area contributed by atoms with Gasteiger partial charge >= 0.3 is 0 Å². The maximum atomic E-state index is 5.91. The molecule has 2 aromatic rings. The maximum Gasteiger partial charge on any atom is 0.240 e. The summed E-state index contributed by atoms with van der Waals surface area (Å²) in [6.45, 7) is 2.38. The minimum atomic E-state index is 0.229. The van der Waals surface area contributed by atoms with Gasteiger partial charge in [-0.25, -0.2) is 0 Å². The number of nitrogens with two attached hydrogens (primary N) is 1. The average Bonchev–Trinajstić information content (AvgIpc) is 2.79. The van der Waals surface area contributed by atoms with Crippen molar-refractivity contribution in [3.05, 3.63) is 40.5 Å². The molecule has 17 heavy (non-hydrogen) atoms. The first-order valence-electron chi connectivity index (χ1n) is 5.09. The number of halogens is 1. The highest BCUT2D eigenvalue weighted by atomic mass is 35.5. The van der Waals surface area contributed by atoms with Gasteiger partial charge in [0, 0.05) is 5.02 Å². The standard InChI is InChI=1S/C11H12ClN3O2/c1-7-4-8(2-3-9(7)12)16-6-10-14-11(5-13)17-15-10/h2-4H,5-6,13H2,1H3. The van der Waals surface area contributed by atoms with Crippen molar-refractivity contribution < 1.29 is 9.26 Å². The Morgan fingerprint density at radius 1 is 1.47 bits per heavy atom. The molecule has 0 saturated heterocycles. The third-order valence-corrected chi connectivity index (χ3v) is 2.61. The van der Waals surface area contributed by atoms with Gasteiger partial charge in [-0.2, -0.15) is 4.98 Å². The largest absolute Gasteiger partial charge is 0.485 e. The molecule has 6 heteroatoms. The summed E-state index contributed by atoms with van der Waals surface area (Å²) in [5, 5.41) is 4.44. The van der Waals surface area contributed by atoms with E-state index >= 15 is 0 Å². The van der Waals surface area contributed by atoms with Crippen molar-refractivity contribution >= 4 is 11.6 Å². The Morgan fingerprint density at radius 2 is 2.29 bits per heavy atom. The number of hydrogen-bond donors (Lipinski definition) is 1. The molecule has 0 aliphatic rings. The molecule has 1 aromatic carbocycles. The summed E-state index contributed by atoms with van der Waals surface area (Å²) in [6, 6.07) is 5.43. The predicted molar refractivity (Wildman–Crippen MR) is 62.7 cm³/mol. The highest BCUT2D eigenvalue weighted by Crippen LogP contribution is 2.21. The number of aromatic nitrogens is 2. The van der Waals surface area contributed by atoms with E-state index < -0.39 is 0 Å². The molecule has 0 amide bonds. The molecule has 0 aliphatic heterocycles. The highest BCUT2D eigenvalue weighted by Gasteiger charge is 2.05. The first-order chi connectivity index (χ1) is 8.19. The van der Waals surface area contributed by atoms with Crippen LogP contribution in [0.4, 0.5) is 0 Å². The fourth-order valence-electron chi connectivity index (χ4n) is 1.29. The Kier molecular flexibility index (Phi) is 3.61. The van der Waals surface area contributed by atoms with Crippen LogP contribution in [0.25, 0.3) is 0 Å². The predicted octanol–water partition coefficient (Wildman–Crippen LogP) is 2.07. The molecule has 0 fully saturated rings. The van der Waals surface area contributed by atoms with E-state index in [0.29, 0.717) is 22.5 Å². The lowest BCUT2D eigenvalue weighted by molar-refractivity contribution is 0.285. The normalized spacial score (nSPS) is 10.5. The van der Waals surface area contributed by atoms with Crippen molar-refractivity contribution in [1.29, 1.82) is 0 Å². The van der Waals surface area contributed by atoms with Crippen LogP contribution >= 0.6 is 11.6 Å². The highest BCUT2D eigenvalue weighted by molar-refractivity contribution is 6.31. The topological polar surface area (TPSA) is 74.2 Å². The molecule has 0 bridgehead atoms. The second-order valence-electron chi connectivity index (χ2n) is 3.51. The van der Waals surface area contributed by atoms with E-state index in [2.05, 4.69) is 10.1 Å². The zero-order valence-corrected chi connectivity index (χ0v) is 10.1. The fourth-order valence-corrected chi connectivity index (χ4v) is 1.40. The number of hydrogen-bond acceptors (Lipinski definition) is 5. The van der Waals surface area contributed by atoms with Gasteiger partial charge in [0.05, 0.1) is 6.54 Å². The first-order valence-corrected chi connectivity index (χ1v) is 5.47. The van der Waals surface area contributed by atoms with E-state index in [1.165, 1.54) is 0 Å². The Hall–Kier alpha value is -1.59. The van der Waals surface area contributed by atoms with Crippen molar-refractivity contribution in [1.82, 2.24) is 10.1 Å². The lowest BCUT2D eigenvalue weighted by Gasteiger charge is -2.04. The minimum absolute atomic E-state index is 0.229. The lowest BCUT2D eigenvalue weighted by Crippen LogP contribution is -2.00. The summed E-state index contributed by atoms with van der Waals surface area (Å²) < 4.78 is 10.4. The smallest absolute Gasteiger partial charge is 0.240 e. The maximum absolute atomic E-state index is 5.91. The Morgan fingerprint density at radius 3 is 2.94 bits per heavy atom. The van der Waals surface area contributed by atoms with Gasteiger partial charge < -0.3 is 15.0 Å². The summed E-state index contributed by atoms with van der Waals surface area (Å²) in [5.41, 5.74) is 6.31. The van der Waals surface area contributed by atoms with Crippen molar-refractivity contribution in [2.75, 3.05) is 0 Å². The molecular weight excluding hydrogens is 242 g/mol. The van der Waals surface area contributed by atoms with Gasteiger partial charge in [0.1, 0.15) is 5.75 Å². The zero-order chi connectivity index (χ0) is 12.3. The fraction of sp³-hybridized carbons (Fsp3) is 0.273. The van der Waals surface area contributed by atoms with Crippen molar-refractivity contribution in [3.8, 4) is 5.75 Å². The summed E-state index contributed by atoms with van der Waals surface area (Å²) in [4.78, 5) is 4.03. The van der Waals surface area contributed by atoms with Crippen LogP contribution in [0.3, 0.4) is 0 Å². The van der Waals surface area contributed by atoms with Crippen LogP contribution in [-0.2, 0) is 13.2 Å². The van der Waals surface area contributed by atoms with Gasteiger partial charge in [0.15, 0.2) is 6.61 Å². The first kappa shape index (κ1) is 11.9. The van der Waals surface area contributed by atoms with Crippen LogP contribution in [0.1, 0.15) is 17.3 Å². The molecule has 0 spiro atoms.